The Kier molecular flexibility index (Phi) is 6.21. The number of hydrogen-bond acceptors (Lipinski definition) is 4. The minimum Gasteiger partial charge on any atom is -0.477 e. The van der Waals surface area contributed by atoms with Gasteiger partial charge in [0.1, 0.15) is 5.70 Å². The smallest absolute Gasteiger partial charge is 0.352 e. The van der Waals surface area contributed by atoms with Crippen LogP contribution in [0.25, 0.3) is 0 Å². The molecule has 0 saturated heterocycles. The molecule has 1 aliphatic heterocycles. The van der Waals surface area contributed by atoms with E-state index in [-0.39, 0.29) is 10.9 Å². The molecule has 0 spiro atoms. The first-order chi connectivity index (χ1) is 13.4. The molecule has 1 unspecified atom stereocenters. The highest BCUT2D eigenvalue weighted by Crippen LogP contribution is 2.44. The summed E-state index contributed by atoms with van der Waals surface area (Å²) >= 11 is 1.60. The van der Waals surface area contributed by atoms with Gasteiger partial charge in [0.25, 0.3) is 5.91 Å². The molecule has 144 valence electrons. The Morgan fingerprint density at radius 1 is 1.11 bits per heavy atom. The van der Waals surface area contributed by atoms with Gasteiger partial charge in [-0.3, -0.25) is 4.79 Å². The fourth-order valence-electron chi connectivity index (χ4n) is 2.85. The van der Waals surface area contributed by atoms with Crippen molar-refractivity contribution in [2.75, 3.05) is 19.0 Å². The first-order valence-electron chi connectivity index (χ1n) is 8.89. The van der Waals surface area contributed by atoms with Crippen molar-refractivity contribution in [3.05, 3.63) is 88.5 Å². The van der Waals surface area contributed by atoms with Crippen molar-refractivity contribution in [3.8, 4) is 0 Å². The molecule has 3 rings (SSSR count). The Morgan fingerprint density at radius 3 is 2.39 bits per heavy atom. The van der Waals surface area contributed by atoms with Crippen LogP contribution >= 0.6 is 11.8 Å². The van der Waals surface area contributed by atoms with E-state index in [1.54, 1.807) is 42.1 Å². The maximum Gasteiger partial charge on any atom is 0.352 e. The third kappa shape index (κ3) is 4.84. The number of aliphatic carboxylic acids is 1. The molecule has 1 amide bonds. The lowest BCUT2D eigenvalue weighted by molar-refractivity contribution is -0.133. The van der Waals surface area contributed by atoms with Crippen LogP contribution in [0.3, 0.4) is 0 Å². The minimum absolute atomic E-state index is 0.129. The van der Waals surface area contributed by atoms with Crippen molar-refractivity contribution in [1.29, 1.82) is 0 Å². The van der Waals surface area contributed by atoms with Crippen molar-refractivity contribution in [2.24, 2.45) is 0 Å². The van der Waals surface area contributed by atoms with Gasteiger partial charge in [0.05, 0.1) is 0 Å². The van der Waals surface area contributed by atoms with Gasteiger partial charge in [-0.15, -0.1) is 11.8 Å². The third-order valence-corrected chi connectivity index (χ3v) is 5.70. The Balaban J connectivity index is 1.69. The summed E-state index contributed by atoms with van der Waals surface area (Å²) in [7, 11) is 4.00. The van der Waals surface area contributed by atoms with E-state index in [9.17, 15) is 14.7 Å². The number of carbonyl (C=O) groups excluding carboxylic acids is 1. The van der Waals surface area contributed by atoms with E-state index >= 15 is 0 Å². The molecule has 5 nitrogen and oxygen atoms in total. The number of carboxylic acids is 1. The van der Waals surface area contributed by atoms with E-state index in [0.717, 1.165) is 17.0 Å². The average Bonchev–Trinajstić information content (AvgIpc) is 3.16. The number of allylic oxidation sites excluding steroid dienone is 2. The summed E-state index contributed by atoms with van der Waals surface area (Å²) in [6.45, 7) is 0. The van der Waals surface area contributed by atoms with Crippen LogP contribution in [0.5, 0.6) is 0 Å². The summed E-state index contributed by atoms with van der Waals surface area (Å²) in [5, 5.41) is 12.2. The summed E-state index contributed by atoms with van der Waals surface area (Å²) in [6, 6.07) is 16.9. The Bertz CT molecular complexity index is 919. The van der Waals surface area contributed by atoms with Crippen LogP contribution in [-0.4, -0.2) is 31.1 Å². The van der Waals surface area contributed by atoms with Crippen LogP contribution in [0.1, 0.15) is 27.6 Å². The van der Waals surface area contributed by atoms with E-state index in [2.05, 4.69) is 29.6 Å². The lowest BCUT2D eigenvalue weighted by Crippen LogP contribution is -2.27. The molecular weight excluding hydrogens is 372 g/mol. The van der Waals surface area contributed by atoms with Crippen LogP contribution in [0.2, 0.25) is 0 Å². The summed E-state index contributed by atoms with van der Waals surface area (Å²) in [4.78, 5) is 26.7. The molecule has 2 aromatic carbocycles. The summed E-state index contributed by atoms with van der Waals surface area (Å²) < 4.78 is 0. The van der Waals surface area contributed by atoms with Crippen molar-refractivity contribution >= 4 is 29.3 Å². The Hall–Kier alpha value is -2.99. The van der Waals surface area contributed by atoms with Crippen LogP contribution in [0, 0.1) is 0 Å². The second-order valence-electron chi connectivity index (χ2n) is 6.62. The predicted molar refractivity (Wildman–Crippen MR) is 113 cm³/mol. The molecule has 0 bridgehead atoms. The summed E-state index contributed by atoms with van der Waals surface area (Å²) in [6.07, 6.45) is 4.35. The number of nitrogens with zero attached hydrogens (tertiary/aromatic N) is 1. The fraction of sp³-hybridized carbons (Fsp3) is 0.182. The van der Waals surface area contributed by atoms with E-state index in [0.29, 0.717) is 5.56 Å². The first-order valence-corrected chi connectivity index (χ1v) is 9.77. The van der Waals surface area contributed by atoms with Crippen LogP contribution in [0.4, 0.5) is 5.69 Å². The highest BCUT2D eigenvalue weighted by atomic mass is 32.2. The van der Waals surface area contributed by atoms with E-state index in [1.807, 2.05) is 25.1 Å². The van der Waals surface area contributed by atoms with Gasteiger partial charge in [-0.2, -0.15) is 0 Å². The van der Waals surface area contributed by atoms with Gasteiger partial charge in [-0.05, 0) is 42.3 Å². The number of rotatable bonds is 6. The van der Waals surface area contributed by atoms with E-state index in [4.69, 9.17) is 0 Å². The topological polar surface area (TPSA) is 69.6 Å². The first kappa shape index (κ1) is 19.8. The Morgan fingerprint density at radius 2 is 1.79 bits per heavy atom. The molecule has 28 heavy (non-hydrogen) atoms. The Labute approximate surface area is 168 Å². The van der Waals surface area contributed by atoms with E-state index in [1.165, 1.54) is 11.6 Å². The van der Waals surface area contributed by atoms with Gasteiger partial charge in [0, 0.05) is 35.5 Å². The standard InChI is InChI=1S/C22H22N2O3S/c1-24(2)17-10-8-15(9-11-17)20-13-12-18(28-20)14-19(22(26)27)23-21(25)16-6-4-3-5-7-16/h3-12,14,20H,13H2,1-2H3,(H,23,25)(H,26,27)/b19-14-. The molecule has 0 aliphatic carbocycles. The number of anilines is 1. The van der Waals surface area contributed by atoms with E-state index < -0.39 is 11.9 Å². The SMILES string of the molecule is CN(C)c1ccc(C2CC=C(/C=C(\NC(=O)c3ccccc3)C(=O)O)S2)cc1. The minimum atomic E-state index is -1.16. The quantitative estimate of drug-likeness (QED) is 0.718. The van der Waals surface area contributed by atoms with Crippen molar-refractivity contribution in [1.82, 2.24) is 5.32 Å². The zero-order chi connectivity index (χ0) is 20.1. The number of benzene rings is 2. The number of thioether (sulfide) groups is 1. The zero-order valence-corrected chi connectivity index (χ0v) is 16.6. The monoisotopic (exact) mass is 394 g/mol. The molecule has 6 heteroatoms. The number of carboxylic acid groups (broad SMARTS) is 1. The maximum atomic E-state index is 12.3. The normalized spacial score (nSPS) is 16.4. The average molecular weight is 394 g/mol. The number of amides is 1. The predicted octanol–water partition coefficient (Wildman–Crippen LogP) is 4.21. The number of nitrogens with one attached hydrogen (secondary N) is 1. The number of hydrogen-bond donors (Lipinski definition) is 2. The van der Waals surface area contributed by atoms with Gasteiger partial charge >= 0.3 is 5.97 Å². The van der Waals surface area contributed by atoms with Crippen molar-refractivity contribution in [3.63, 3.8) is 0 Å². The molecule has 1 heterocycles. The van der Waals surface area contributed by atoms with Gasteiger partial charge in [-0.25, -0.2) is 4.79 Å². The van der Waals surface area contributed by atoms with Crippen molar-refractivity contribution < 1.29 is 14.7 Å². The number of carbonyl (C=O) groups is 2. The molecule has 0 aromatic heterocycles. The highest BCUT2D eigenvalue weighted by molar-refractivity contribution is 8.03. The largest absolute Gasteiger partial charge is 0.477 e. The zero-order valence-electron chi connectivity index (χ0n) is 15.8. The highest BCUT2D eigenvalue weighted by Gasteiger charge is 2.21. The third-order valence-electron chi connectivity index (χ3n) is 4.39. The maximum absolute atomic E-state index is 12.3. The lowest BCUT2D eigenvalue weighted by atomic mass is 10.1. The molecular formula is C22H22N2O3S. The van der Waals surface area contributed by atoms with Crippen LogP contribution < -0.4 is 10.2 Å². The molecule has 1 atom stereocenters. The van der Waals surface area contributed by atoms with Gasteiger partial charge in [-0.1, -0.05) is 36.4 Å². The summed E-state index contributed by atoms with van der Waals surface area (Å²) in [5.74, 6) is -1.60. The van der Waals surface area contributed by atoms with Crippen molar-refractivity contribution in [2.45, 2.75) is 11.7 Å². The second-order valence-corrected chi connectivity index (χ2v) is 7.89. The van der Waals surface area contributed by atoms with Crippen LogP contribution in [0.15, 0.2) is 77.4 Å². The molecule has 0 saturated carbocycles. The molecule has 0 fully saturated rings. The lowest BCUT2D eigenvalue weighted by Gasteiger charge is -2.15. The van der Waals surface area contributed by atoms with Gasteiger partial charge < -0.3 is 15.3 Å². The molecule has 2 aromatic rings. The molecule has 0 radical (unpaired) electrons. The molecule has 1 aliphatic rings. The van der Waals surface area contributed by atoms with Crippen LogP contribution in [-0.2, 0) is 4.79 Å². The molecule has 2 N–H and O–H groups in total. The van der Waals surface area contributed by atoms with Gasteiger partial charge in [0.2, 0.25) is 0 Å². The summed E-state index contributed by atoms with van der Waals surface area (Å²) in [5.41, 5.74) is 2.62. The van der Waals surface area contributed by atoms with Gasteiger partial charge in [0.15, 0.2) is 0 Å². The fourth-order valence-corrected chi connectivity index (χ4v) is 4.04. The second kappa shape index (κ2) is 8.80.